The molecular formula is C22H34O10. The molecule has 10 heteroatoms. The molecule has 0 aromatic heterocycles. The van der Waals surface area contributed by atoms with Gasteiger partial charge in [-0.25, -0.2) is 4.79 Å². The molecule has 3 rings (SSSR count). The quantitative estimate of drug-likeness (QED) is 0.193. The molecule has 0 spiro atoms. The monoisotopic (exact) mass is 458 g/mol. The summed E-state index contributed by atoms with van der Waals surface area (Å²) in [5.41, 5.74) is -2.53. The third-order valence-corrected chi connectivity index (χ3v) is 7.04. The fraction of sp³-hybridized carbons (Fsp3) is 0.773. The third-order valence-electron chi connectivity index (χ3n) is 7.04. The first-order valence-corrected chi connectivity index (χ1v) is 10.7. The minimum Gasteiger partial charge on any atom is -0.466 e. The topological polar surface area (TPSA) is 155 Å². The van der Waals surface area contributed by atoms with Gasteiger partial charge in [0.2, 0.25) is 0 Å². The summed E-state index contributed by atoms with van der Waals surface area (Å²) in [7, 11) is 1.29. The fourth-order valence-electron chi connectivity index (χ4n) is 5.00. The van der Waals surface area contributed by atoms with Crippen molar-refractivity contribution in [2.45, 2.75) is 81.6 Å². The van der Waals surface area contributed by atoms with E-state index < -0.39 is 66.0 Å². The van der Waals surface area contributed by atoms with Crippen LogP contribution in [0.5, 0.6) is 0 Å². The molecule has 2 heterocycles. The molecule has 2 saturated heterocycles. The molecule has 0 aromatic carbocycles. The van der Waals surface area contributed by atoms with Crippen LogP contribution in [0.4, 0.5) is 0 Å². The first-order valence-electron chi connectivity index (χ1n) is 10.7. The highest BCUT2D eigenvalue weighted by molar-refractivity contribution is 5.83. The van der Waals surface area contributed by atoms with E-state index >= 15 is 0 Å². The van der Waals surface area contributed by atoms with E-state index in [0.29, 0.717) is 12.0 Å². The van der Waals surface area contributed by atoms with Crippen molar-refractivity contribution in [1.29, 1.82) is 0 Å². The summed E-state index contributed by atoms with van der Waals surface area (Å²) in [5.74, 6) is -0.493. The summed E-state index contributed by atoms with van der Waals surface area (Å²) in [6, 6.07) is 0. The van der Waals surface area contributed by atoms with Gasteiger partial charge in [-0.1, -0.05) is 13.0 Å². The molecule has 182 valence electrons. The van der Waals surface area contributed by atoms with Crippen LogP contribution < -0.4 is 0 Å². The van der Waals surface area contributed by atoms with Gasteiger partial charge in [-0.05, 0) is 31.9 Å². The van der Waals surface area contributed by atoms with Crippen LogP contribution in [0, 0.1) is 5.41 Å². The predicted octanol–water partition coefficient (Wildman–Crippen LogP) is -0.833. The van der Waals surface area contributed by atoms with Crippen molar-refractivity contribution >= 4 is 5.97 Å². The first-order chi connectivity index (χ1) is 14.9. The zero-order chi connectivity index (χ0) is 23.9. The summed E-state index contributed by atoms with van der Waals surface area (Å²) in [6.07, 6.45) is -2.07. The van der Waals surface area contributed by atoms with Gasteiger partial charge in [0.1, 0.15) is 35.6 Å². The van der Waals surface area contributed by atoms with Crippen LogP contribution in [0.15, 0.2) is 23.8 Å². The Morgan fingerprint density at radius 2 is 1.84 bits per heavy atom. The van der Waals surface area contributed by atoms with Gasteiger partial charge in [0, 0.05) is 17.9 Å². The number of rotatable bonds is 6. The highest BCUT2D eigenvalue weighted by Crippen LogP contribution is 2.58. The van der Waals surface area contributed by atoms with Gasteiger partial charge in [-0.3, -0.25) is 0 Å². The van der Waals surface area contributed by atoms with E-state index in [0.717, 1.165) is 0 Å². The minimum atomic E-state index is -1.53. The lowest BCUT2D eigenvalue weighted by atomic mass is 9.59. The molecule has 0 radical (unpaired) electrons. The molecule has 0 amide bonds. The van der Waals surface area contributed by atoms with Crippen LogP contribution in [-0.4, -0.2) is 99.8 Å². The third kappa shape index (κ3) is 4.26. The molecule has 3 fully saturated rings. The molecular weight excluding hydrogens is 424 g/mol. The molecule has 5 N–H and O–H groups in total. The largest absolute Gasteiger partial charge is 0.466 e. The number of hydrogen-bond acceptors (Lipinski definition) is 10. The van der Waals surface area contributed by atoms with Gasteiger partial charge in [0.15, 0.2) is 6.29 Å². The molecule has 1 aliphatic carbocycles. The molecule has 0 aromatic rings. The van der Waals surface area contributed by atoms with E-state index in [1.165, 1.54) is 13.2 Å². The van der Waals surface area contributed by atoms with Crippen LogP contribution in [0.25, 0.3) is 0 Å². The second kappa shape index (κ2) is 9.11. The predicted molar refractivity (Wildman–Crippen MR) is 110 cm³/mol. The van der Waals surface area contributed by atoms with Crippen molar-refractivity contribution in [2.24, 2.45) is 5.41 Å². The van der Waals surface area contributed by atoms with Crippen molar-refractivity contribution in [3.63, 3.8) is 0 Å². The number of esters is 1. The second-order valence-corrected chi connectivity index (χ2v) is 9.46. The van der Waals surface area contributed by atoms with Gasteiger partial charge < -0.3 is 44.5 Å². The van der Waals surface area contributed by atoms with Gasteiger partial charge >= 0.3 is 5.97 Å². The number of ether oxygens (including phenoxy) is 4. The maximum Gasteiger partial charge on any atom is 0.330 e. The normalized spacial score (nSPS) is 47.1. The van der Waals surface area contributed by atoms with Crippen LogP contribution in [0.2, 0.25) is 0 Å². The number of carbonyl (C=O) groups is 1. The maximum atomic E-state index is 11.7. The zero-order valence-electron chi connectivity index (χ0n) is 18.8. The number of aliphatic hydroxyl groups excluding tert-OH is 4. The lowest BCUT2D eigenvalue weighted by Gasteiger charge is -2.51. The Hall–Kier alpha value is -1.37. The molecule has 3 aliphatic rings. The van der Waals surface area contributed by atoms with Crippen molar-refractivity contribution in [1.82, 2.24) is 0 Å². The lowest BCUT2D eigenvalue weighted by molar-refractivity contribution is -0.319. The number of fused-ring (bicyclic) bond motifs is 2. The molecule has 32 heavy (non-hydrogen) atoms. The molecule has 1 saturated carbocycles. The van der Waals surface area contributed by atoms with Crippen LogP contribution in [0.3, 0.4) is 0 Å². The number of aliphatic hydroxyl groups is 5. The lowest BCUT2D eigenvalue weighted by Crippen LogP contribution is -2.63. The van der Waals surface area contributed by atoms with E-state index in [9.17, 15) is 30.3 Å². The molecule has 2 unspecified atom stereocenters. The van der Waals surface area contributed by atoms with Gasteiger partial charge in [-0.15, -0.1) is 0 Å². The summed E-state index contributed by atoms with van der Waals surface area (Å²) >= 11 is 0. The SMILES string of the molecule is COC(=O)/C=C(C)\C=C\[C@]1(O)C2(C)COC1(C)C[C@@H](O[C@@H]1O[C@H](CO)[C@@H](O)[C@H](O)[C@H]1O)C2. The number of allylic oxidation sites excluding steroid dienone is 2. The van der Waals surface area contributed by atoms with E-state index in [2.05, 4.69) is 4.74 Å². The molecule has 2 bridgehead atoms. The first kappa shape index (κ1) is 25.3. The van der Waals surface area contributed by atoms with E-state index in [-0.39, 0.29) is 13.0 Å². The Morgan fingerprint density at radius 1 is 1.16 bits per heavy atom. The van der Waals surface area contributed by atoms with Crippen molar-refractivity contribution in [3.05, 3.63) is 23.8 Å². The second-order valence-electron chi connectivity index (χ2n) is 9.46. The number of hydrogen-bond donors (Lipinski definition) is 5. The minimum absolute atomic E-state index is 0.262. The Kier molecular flexibility index (Phi) is 7.19. The summed E-state index contributed by atoms with van der Waals surface area (Å²) < 4.78 is 22.1. The molecule has 10 nitrogen and oxygen atoms in total. The standard InChI is InChI=1S/C22H34O10/c1-12(7-15(24)29-4)5-6-22(28)20(2)8-13(9-21(22,3)30-11-20)31-19-18(27)17(26)16(25)14(10-23)32-19/h5-7,13-14,16-19,23,25-28H,8-11H2,1-4H3/b6-5+,12-7-/t13-,14+,16+,17-,18+,19+,20?,21?,22-/m0/s1. The summed E-state index contributed by atoms with van der Waals surface area (Å²) in [6.45, 7) is 5.07. The average Bonchev–Trinajstić information content (AvgIpc) is 2.85. The summed E-state index contributed by atoms with van der Waals surface area (Å²) in [4.78, 5) is 11.4. The van der Waals surface area contributed by atoms with Crippen LogP contribution >= 0.6 is 0 Å². The Morgan fingerprint density at radius 3 is 2.44 bits per heavy atom. The van der Waals surface area contributed by atoms with Gasteiger partial charge in [0.05, 0.1) is 26.4 Å². The van der Waals surface area contributed by atoms with Crippen molar-refractivity contribution in [2.75, 3.05) is 20.3 Å². The van der Waals surface area contributed by atoms with E-state index in [1.54, 1.807) is 26.0 Å². The highest BCUT2D eigenvalue weighted by atomic mass is 16.7. The van der Waals surface area contributed by atoms with E-state index in [4.69, 9.17) is 14.2 Å². The Bertz CT molecular complexity index is 744. The zero-order valence-corrected chi connectivity index (χ0v) is 18.8. The average molecular weight is 459 g/mol. The van der Waals surface area contributed by atoms with Crippen molar-refractivity contribution < 1.29 is 49.3 Å². The van der Waals surface area contributed by atoms with Gasteiger partial charge in [-0.2, -0.15) is 0 Å². The smallest absolute Gasteiger partial charge is 0.330 e. The van der Waals surface area contributed by atoms with Crippen molar-refractivity contribution in [3.8, 4) is 0 Å². The Labute approximate surface area is 187 Å². The fourth-order valence-corrected chi connectivity index (χ4v) is 5.00. The van der Waals surface area contributed by atoms with Gasteiger partial charge in [0.25, 0.3) is 0 Å². The maximum absolute atomic E-state index is 11.7. The molecule has 9 atom stereocenters. The highest BCUT2D eigenvalue weighted by Gasteiger charge is 2.67. The van der Waals surface area contributed by atoms with Crippen LogP contribution in [0.1, 0.15) is 33.6 Å². The Balaban J connectivity index is 1.77. The van der Waals surface area contributed by atoms with E-state index in [1.807, 2.05) is 6.92 Å². The number of methoxy groups -OCH3 is 1. The number of carbonyl (C=O) groups excluding carboxylic acids is 1. The molecule has 2 aliphatic heterocycles. The summed E-state index contributed by atoms with van der Waals surface area (Å²) in [5, 5.41) is 51.3. The van der Waals surface area contributed by atoms with Crippen LogP contribution in [-0.2, 0) is 23.7 Å².